The molecule has 0 saturated carbocycles. The van der Waals surface area contributed by atoms with Gasteiger partial charge in [-0.1, -0.05) is 12.1 Å². The van der Waals surface area contributed by atoms with E-state index in [2.05, 4.69) is 10.1 Å². The molecule has 0 radical (unpaired) electrons. The highest BCUT2D eigenvalue weighted by Crippen LogP contribution is 2.24. The summed E-state index contributed by atoms with van der Waals surface area (Å²) in [6.45, 7) is 0. The van der Waals surface area contributed by atoms with E-state index >= 15 is 0 Å². The second kappa shape index (κ2) is 5.80. The second-order valence-electron chi connectivity index (χ2n) is 4.65. The Morgan fingerprint density at radius 3 is 2.70 bits per heavy atom. The molecule has 1 aliphatic heterocycles. The summed E-state index contributed by atoms with van der Waals surface area (Å²) in [5.74, 6) is -0.212. The monoisotopic (exact) mass is 299 g/mol. The van der Waals surface area contributed by atoms with E-state index in [1.54, 1.807) is 31.4 Å². The summed E-state index contributed by atoms with van der Waals surface area (Å²) >= 11 is 0. The normalized spacial score (nSPS) is 24.9. The second-order valence-corrected chi connectivity index (χ2v) is 6.80. The van der Waals surface area contributed by atoms with Gasteiger partial charge in [0.05, 0.1) is 25.7 Å². The lowest BCUT2D eigenvalue weighted by molar-refractivity contribution is -0.142. The molecule has 2 rings (SSSR count). The largest absolute Gasteiger partial charge is 0.497 e. The Morgan fingerprint density at radius 2 is 2.05 bits per heavy atom. The highest BCUT2D eigenvalue weighted by atomic mass is 32.2. The van der Waals surface area contributed by atoms with E-state index in [0.717, 1.165) is 5.56 Å². The molecule has 0 aromatic heterocycles. The van der Waals surface area contributed by atoms with Gasteiger partial charge in [0.15, 0.2) is 9.84 Å². The Hall–Kier alpha value is -1.60. The Bertz CT molecular complexity index is 599. The number of carbonyl (C=O) groups is 1. The van der Waals surface area contributed by atoms with Crippen LogP contribution in [0.3, 0.4) is 0 Å². The zero-order chi connectivity index (χ0) is 14.8. The van der Waals surface area contributed by atoms with Gasteiger partial charge in [0, 0.05) is 6.04 Å². The van der Waals surface area contributed by atoms with Crippen molar-refractivity contribution in [2.24, 2.45) is 0 Å². The van der Waals surface area contributed by atoms with Crippen LogP contribution in [0.15, 0.2) is 24.3 Å². The predicted molar refractivity (Wildman–Crippen MR) is 73.3 cm³/mol. The first-order valence-corrected chi connectivity index (χ1v) is 7.95. The lowest BCUT2D eigenvalue weighted by Gasteiger charge is -2.29. The van der Waals surface area contributed by atoms with E-state index in [9.17, 15) is 13.2 Å². The van der Waals surface area contributed by atoms with Crippen LogP contribution < -0.4 is 10.1 Å². The maximum atomic E-state index is 11.9. The first kappa shape index (κ1) is 14.8. The van der Waals surface area contributed by atoms with Crippen LogP contribution in [0.25, 0.3) is 0 Å². The summed E-state index contributed by atoms with van der Waals surface area (Å²) in [5.41, 5.74) is 0.765. The van der Waals surface area contributed by atoms with E-state index in [0.29, 0.717) is 5.75 Å². The topological polar surface area (TPSA) is 81.7 Å². The molecule has 110 valence electrons. The molecule has 2 unspecified atom stereocenters. The molecule has 1 aliphatic rings. The smallest absolute Gasteiger partial charge is 0.323 e. The van der Waals surface area contributed by atoms with Crippen molar-refractivity contribution in [3.8, 4) is 5.75 Å². The van der Waals surface area contributed by atoms with Crippen molar-refractivity contribution < 1.29 is 22.7 Å². The summed E-state index contributed by atoms with van der Waals surface area (Å²) in [5, 5.41) is 3.02. The standard InChI is InChI=1S/C13H17NO5S/c1-18-10-5-3-4-9(6-10)11-7-20(16,17)8-12(14-11)13(15)19-2/h3-6,11-12,14H,7-8H2,1-2H3. The first-order chi connectivity index (χ1) is 9.45. The lowest BCUT2D eigenvalue weighted by atomic mass is 10.1. The third kappa shape index (κ3) is 3.29. The third-order valence-electron chi connectivity index (χ3n) is 3.23. The number of ether oxygens (including phenoxy) is 2. The van der Waals surface area contributed by atoms with Gasteiger partial charge in [-0.25, -0.2) is 8.42 Å². The van der Waals surface area contributed by atoms with Crippen LogP contribution in [-0.2, 0) is 19.4 Å². The molecule has 1 aromatic carbocycles. The number of nitrogens with one attached hydrogen (secondary N) is 1. The van der Waals surface area contributed by atoms with Gasteiger partial charge in [0.25, 0.3) is 0 Å². The maximum Gasteiger partial charge on any atom is 0.323 e. The molecular formula is C13H17NO5S. The number of esters is 1. The number of hydrogen-bond donors (Lipinski definition) is 1. The van der Waals surface area contributed by atoms with Gasteiger partial charge in [-0.05, 0) is 17.7 Å². The van der Waals surface area contributed by atoms with Crippen molar-refractivity contribution >= 4 is 15.8 Å². The quantitative estimate of drug-likeness (QED) is 0.808. The number of hydrogen-bond acceptors (Lipinski definition) is 6. The molecule has 1 heterocycles. The highest BCUT2D eigenvalue weighted by molar-refractivity contribution is 7.91. The molecule has 7 heteroatoms. The summed E-state index contributed by atoms with van der Waals surface area (Å²) in [7, 11) is -0.523. The van der Waals surface area contributed by atoms with Crippen molar-refractivity contribution in [3.63, 3.8) is 0 Å². The molecule has 1 aromatic rings. The number of methoxy groups -OCH3 is 2. The summed E-state index contributed by atoms with van der Waals surface area (Å²) in [4.78, 5) is 11.6. The molecular weight excluding hydrogens is 282 g/mol. The molecule has 0 spiro atoms. The Kier molecular flexibility index (Phi) is 4.29. The molecule has 0 amide bonds. The van der Waals surface area contributed by atoms with Crippen LogP contribution in [0.4, 0.5) is 0 Å². The minimum atomic E-state index is -3.31. The first-order valence-electron chi connectivity index (χ1n) is 6.13. The SMILES string of the molecule is COC(=O)C1CS(=O)(=O)CC(c2cccc(OC)c2)N1. The van der Waals surface area contributed by atoms with Crippen LogP contribution in [0.2, 0.25) is 0 Å². The number of carbonyl (C=O) groups excluding carboxylic acids is 1. The molecule has 2 atom stereocenters. The van der Waals surface area contributed by atoms with Crippen LogP contribution in [0.1, 0.15) is 11.6 Å². The van der Waals surface area contributed by atoms with Crippen LogP contribution in [0, 0.1) is 0 Å². The zero-order valence-corrected chi connectivity index (χ0v) is 12.1. The van der Waals surface area contributed by atoms with E-state index in [1.807, 2.05) is 0 Å². The van der Waals surface area contributed by atoms with Crippen LogP contribution >= 0.6 is 0 Å². The van der Waals surface area contributed by atoms with Crippen molar-refractivity contribution in [1.82, 2.24) is 5.32 Å². The van der Waals surface area contributed by atoms with E-state index in [1.165, 1.54) is 7.11 Å². The maximum absolute atomic E-state index is 11.9. The molecule has 1 saturated heterocycles. The Balaban J connectivity index is 2.28. The van der Waals surface area contributed by atoms with Gasteiger partial charge in [-0.3, -0.25) is 10.1 Å². The van der Waals surface area contributed by atoms with E-state index in [-0.39, 0.29) is 11.5 Å². The minimum absolute atomic E-state index is 0.0480. The van der Waals surface area contributed by atoms with Gasteiger partial charge in [-0.2, -0.15) is 0 Å². The zero-order valence-electron chi connectivity index (χ0n) is 11.3. The average Bonchev–Trinajstić information content (AvgIpc) is 2.44. The van der Waals surface area contributed by atoms with Crippen LogP contribution in [0.5, 0.6) is 5.75 Å². The van der Waals surface area contributed by atoms with Gasteiger partial charge >= 0.3 is 5.97 Å². The number of benzene rings is 1. The summed E-state index contributed by atoms with van der Waals surface area (Å²) < 4.78 is 33.6. The molecule has 6 nitrogen and oxygen atoms in total. The van der Waals surface area contributed by atoms with Crippen molar-refractivity contribution in [2.75, 3.05) is 25.7 Å². The molecule has 0 aliphatic carbocycles. The fourth-order valence-electron chi connectivity index (χ4n) is 2.24. The third-order valence-corrected chi connectivity index (χ3v) is 4.91. The number of sulfone groups is 1. The van der Waals surface area contributed by atoms with Gasteiger partial charge in [0.2, 0.25) is 0 Å². The van der Waals surface area contributed by atoms with Gasteiger partial charge in [0.1, 0.15) is 11.8 Å². The summed E-state index contributed by atoms with van der Waals surface area (Å²) in [6, 6.07) is 5.83. The van der Waals surface area contributed by atoms with Crippen molar-refractivity contribution in [1.29, 1.82) is 0 Å². The van der Waals surface area contributed by atoms with Gasteiger partial charge in [-0.15, -0.1) is 0 Å². The lowest BCUT2D eigenvalue weighted by Crippen LogP contribution is -2.51. The van der Waals surface area contributed by atoms with E-state index in [4.69, 9.17) is 4.74 Å². The van der Waals surface area contributed by atoms with E-state index < -0.39 is 27.9 Å². The predicted octanol–water partition coefficient (Wildman–Crippen LogP) is 0.296. The Labute approximate surface area is 118 Å². The van der Waals surface area contributed by atoms with Crippen LogP contribution in [-0.4, -0.2) is 46.2 Å². The summed E-state index contributed by atoms with van der Waals surface area (Å²) in [6.07, 6.45) is 0. The Morgan fingerprint density at radius 1 is 1.30 bits per heavy atom. The molecule has 1 fully saturated rings. The van der Waals surface area contributed by atoms with Crippen molar-refractivity contribution in [3.05, 3.63) is 29.8 Å². The highest BCUT2D eigenvalue weighted by Gasteiger charge is 2.36. The average molecular weight is 299 g/mol. The molecule has 1 N–H and O–H groups in total. The molecule has 0 bridgehead atoms. The molecule has 20 heavy (non-hydrogen) atoms. The van der Waals surface area contributed by atoms with Gasteiger partial charge < -0.3 is 9.47 Å². The number of rotatable bonds is 3. The fourth-order valence-corrected chi connectivity index (χ4v) is 3.92. The fraction of sp³-hybridized carbons (Fsp3) is 0.462. The minimum Gasteiger partial charge on any atom is -0.497 e. The van der Waals surface area contributed by atoms with Crippen molar-refractivity contribution in [2.45, 2.75) is 12.1 Å².